The van der Waals surface area contributed by atoms with Gasteiger partial charge in [0.2, 0.25) is 0 Å². The van der Waals surface area contributed by atoms with E-state index in [4.69, 9.17) is 27.6 Å². The smallest absolute Gasteiger partial charge is 0.134 e. The van der Waals surface area contributed by atoms with Gasteiger partial charge in [-0.05, 0) is 54.6 Å². The highest BCUT2D eigenvalue weighted by Crippen LogP contribution is 2.26. The van der Waals surface area contributed by atoms with Gasteiger partial charge in [-0.25, -0.2) is 4.39 Å². The van der Waals surface area contributed by atoms with Gasteiger partial charge in [-0.3, -0.25) is 0 Å². The Labute approximate surface area is 137 Å². The summed E-state index contributed by atoms with van der Waals surface area (Å²) in [4.78, 5) is 0. The van der Waals surface area contributed by atoms with Crippen LogP contribution in [0.3, 0.4) is 0 Å². The quantitative estimate of drug-likeness (QED) is 0.632. The molecule has 1 heterocycles. The molecule has 0 spiro atoms. The summed E-state index contributed by atoms with van der Waals surface area (Å²) in [5.74, 6) is 1.20. The van der Waals surface area contributed by atoms with E-state index in [9.17, 15) is 4.39 Å². The van der Waals surface area contributed by atoms with E-state index in [0.717, 1.165) is 17.0 Å². The Bertz CT molecular complexity index is 784. The van der Waals surface area contributed by atoms with Crippen LogP contribution in [0.15, 0.2) is 59.0 Å². The highest BCUT2D eigenvalue weighted by molar-refractivity contribution is 6.42. The van der Waals surface area contributed by atoms with Crippen LogP contribution in [0.2, 0.25) is 10.0 Å². The minimum Gasteiger partial charge on any atom is -0.459 e. The third-order valence-electron chi connectivity index (χ3n) is 3.18. The molecule has 2 aromatic carbocycles. The minimum atomic E-state index is -0.267. The minimum absolute atomic E-state index is 0.267. The molecule has 0 saturated carbocycles. The second-order valence-corrected chi connectivity index (χ2v) is 5.57. The maximum absolute atomic E-state index is 12.9. The Kier molecular flexibility index (Phi) is 4.36. The summed E-state index contributed by atoms with van der Waals surface area (Å²) in [6.45, 7) is 0.513. The summed E-state index contributed by atoms with van der Waals surface area (Å²) in [7, 11) is 0. The van der Waals surface area contributed by atoms with Crippen LogP contribution in [0.4, 0.5) is 10.1 Å². The third-order valence-corrected chi connectivity index (χ3v) is 3.92. The van der Waals surface area contributed by atoms with Crippen LogP contribution < -0.4 is 5.32 Å². The lowest BCUT2D eigenvalue weighted by Gasteiger charge is -2.05. The molecule has 1 aromatic heterocycles. The van der Waals surface area contributed by atoms with Gasteiger partial charge in [0.1, 0.15) is 17.3 Å². The maximum atomic E-state index is 12.9. The summed E-state index contributed by atoms with van der Waals surface area (Å²) in [6, 6.07) is 15.3. The lowest BCUT2D eigenvalue weighted by molar-refractivity contribution is 0.531. The van der Waals surface area contributed by atoms with Crippen LogP contribution in [0.1, 0.15) is 5.76 Å². The van der Waals surface area contributed by atoms with Crippen LogP contribution >= 0.6 is 23.2 Å². The second-order valence-electron chi connectivity index (χ2n) is 4.76. The van der Waals surface area contributed by atoms with Gasteiger partial charge in [0.15, 0.2) is 0 Å². The molecule has 3 rings (SSSR count). The Morgan fingerprint density at radius 1 is 0.909 bits per heavy atom. The van der Waals surface area contributed by atoms with Gasteiger partial charge in [0.05, 0.1) is 16.6 Å². The van der Waals surface area contributed by atoms with Gasteiger partial charge in [0.25, 0.3) is 0 Å². The molecular weight excluding hydrogens is 324 g/mol. The lowest BCUT2D eigenvalue weighted by atomic mass is 10.2. The average molecular weight is 336 g/mol. The Balaban J connectivity index is 1.69. The molecule has 0 atom stereocenters. The SMILES string of the molecule is Fc1ccc(-c2ccc(CNc3ccc(Cl)c(Cl)c3)o2)cc1. The molecular formula is C17H12Cl2FNO. The fraction of sp³-hybridized carbons (Fsp3) is 0.0588. The molecule has 0 saturated heterocycles. The third kappa shape index (κ3) is 3.43. The molecule has 0 fully saturated rings. The summed E-state index contributed by atoms with van der Waals surface area (Å²) in [5, 5.41) is 4.22. The first kappa shape index (κ1) is 14.9. The molecule has 0 aliphatic carbocycles. The number of hydrogen-bond donors (Lipinski definition) is 1. The second kappa shape index (κ2) is 6.42. The number of furan rings is 1. The van der Waals surface area contributed by atoms with Gasteiger partial charge in [0, 0.05) is 11.3 Å². The van der Waals surface area contributed by atoms with E-state index in [0.29, 0.717) is 22.4 Å². The number of halogens is 3. The summed E-state index contributed by atoms with van der Waals surface area (Å²) < 4.78 is 18.7. The van der Waals surface area contributed by atoms with E-state index in [1.54, 1.807) is 24.3 Å². The summed E-state index contributed by atoms with van der Waals surface area (Å²) >= 11 is 11.8. The molecule has 0 unspecified atom stereocenters. The highest BCUT2D eigenvalue weighted by atomic mass is 35.5. The Hall–Kier alpha value is -1.97. The van der Waals surface area contributed by atoms with Crippen molar-refractivity contribution in [1.82, 2.24) is 0 Å². The number of hydrogen-bond acceptors (Lipinski definition) is 2. The lowest BCUT2D eigenvalue weighted by Crippen LogP contribution is -1.97. The van der Waals surface area contributed by atoms with Crippen molar-refractivity contribution >= 4 is 28.9 Å². The molecule has 0 radical (unpaired) electrons. The first-order valence-corrected chi connectivity index (χ1v) is 7.41. The van der Waals surface area contributed by atoms with Crippen molar-refractivity contribution in [3.8, 4) is 11.3 Å². The van der Waals surface area contributed by atoms with Crippen LogP contribution in [0.25, 0.3) is 11.3 Å². The Morgan fingerprint density at radius 3 is 2.41 bits per heavy atom. The molecule has 22 heavy (non-hydrogen) atoms. The fourth-order valence-electron chi connectivity index (χ4n) is 2.04. The molecule has 0 bridgehead atoms. The highest BCUT2D eigenvalue weighted by Gasteiger charge is 2.06. The molecule has 3 aromatic rings. The predicted molar refractivity (Wildman–Crippen MR) is 87.9 cm³/mol. The number of benzene rings is 2. The molecule has 2 nitrogen and oxygen atoms in total. The Morgan fingerprint density at radius 2 is 1.68 bits per heavy atom. The zero-order chi connectivity index (χ0) is 15.5. The number of rotatable bonds is 4. The first-order valence-electron chi connectivity index (χ1n) is 6.65. The monoisotopic (exact) mass is 335 g/mol. The van der Waals surface area contributed by atoms with E-state index in [1.165, 1.54) is 12.1 Å². The van der Waals surface area contributed by atoms with Crippen LogP contribution in [-0.2, 0) is 6.54 Å². The number of anilines is 1. The molecule has 5 heteroatoms. The topological polar surface area (TPSA) is 25.2 Å². The van der Waals surface area contributed by atoms with Gasteiger partial charge in [-0.1, -0.05) is 23.2 Å². The molecule has 112 valence electrons. The van der Waals surface area contributed by atoms with Gasteiger partial charge >= 0.3 is 0 Å². The van der Waals surface area contributed by atoms with Crippen molar-refractivity contribution in [3.05, 3.63) is 76.2 Å². The van der Waals surface area contributed by atoms with Crippen LogP contribution in [-0.4, -0.2) is 0 Å². The van der Waals surface area contributed by atoms with Crippen molar-refractivity contribution < 1.29 is 8.81 Å². The van der Waals surface area contributed by atoms with E-state index in [-0.39, 0.29) is 5.82 Å². The van der Waals surface area contributed by atoms with Crippen molar-refractivity contribution in [2.24, 2.45) is 0 Å². The molecule has 0 aliphatic rings. The van der Waals surface area contributed by atoms with Crippen molar-refractivity contribution in [3.63, 3.8) is 0 Å². The van der Waals surface area contributed by atoms with E-state index in [1.807, 2.05) is 18.2 Å². The molecule has 0 aliphatic heterocycles. The van der Waals surface area contributed by atoms with E-state index < -0.39 is 0 Å². The van der Waals surface area contributed by atoms with Gasteiger partial charge in [-0.15, -0.1) is 0 Å². The molecule has 0 amide bonds. The van der Waals surface area contributed by atoms with Gasteiger partial charge in [-0.2, -0.15) is 0 Å². The van der Waals surface area contributed by atoms with Crippen LogP contribution in [0.5, 0.6) is 0 Å². The van der Waals surface area contributed by atoms with Crippen molar-refractivity contribution in [2.75, 3.05) is 5.32 Å². The summed E-state index contributed by atoms with van der Waals surface area (Å²) in [6.07, 6.45) is 0. The largest absolute Gasteiger partial charge is 0.459 e. The van der Waals surface area contributed by atoms with Crippen molar-refractivity contribution in [2.45, 2.75) is 6.54 Å². The van der Waals surface area contributed by atoms with E-state index >= 15 is 0 Å². The predicted octanol–water partition coefficient (Wildman–Crippen LogP) is 6.00. The normalized spacial score (nSPS) is 10.7. The zero-order valence-electron chi connectivity index (χ0n) is 11.4. The average Bonchev–Trinajstić information content (AvgIpc) is 2.98. The van der Waals surface area contributed by atoms with Crippen LogP contribution in [0, 0.1) is 5.82 Å². The standard InChI is InChI=1S/C17H12Cl2FNO/c18-15-7-5-13(9-16(15)19)21-10-14-6-8-17(22-14)11-1-3-12(20)4-2-11/h1-9,21H,10H2. The maximum Gasteiger partial charge on any atom is 0.134 e. The fourth-order valence-corrected chi connectivity index (χ4v) is 2.34. The van der Waals surface area contributed by atoms with Crippen molar-refractivity contribution in [1.29, 1.82) is 0 Å². The summed E-state index contributed by atoms with van der Waals surface area (Å²) in [5.41, 5.74) is 1.69. The first-order chi connectivity index (χ1) is 10.6. The zero-order valence-corrected chi connectivity index (χ0v) is 13.0. The van der Waals surface area contributed by atoms with E-state index in [2.05, 4.69) is 5.32 Å². The number of nitrogens with one attached hydrogen (secondary N) is 1. The molecule has 1 N–H and O–H groups in total. The van der Waals surface area contributed by atoms with Gasteiger partial charge < -0.3 is 9.73 Å².